The molecule has 0 aliphatic carbocycles. The molecular formula is C12H12F3N3O2. The number of aromatic nitrogens is 3. The van der Waals surface area contributed by atoms with Crippen molar-refractivity contribution in [2.75, 3.05) is 0 Å². The largest absolute Gasteiger partial charge is 0.481 e. The molecule has 0 bridgehead atoms. The number of carboxylic acid groups (broad SMARTS) is 1. The average molecular weight is 287 g/mol. The standard InChI is InChI=1S/C12H12F3N3O2/c1-7(5-11(19)20)4-10-17-16-9-3-2-8(6-18(9)10)12(13,14)15/h2-3,6-7H,4-5H2,1H3,(H,19,20). The molecule has 0 aromatic carbocycles. The smallest absolute Gasteiger partial charge is 0.417 e. The zero-order valence-corrected chi connectivity index (χ0v) is 10.6. The van der Waals surface area contributed by atoms with Gasteiger partial charge in [-0.3, -0.25) is 9.20 Å². The van der Waals surface area contributed by atoms with E-state index in [1.54, 1.807) is 6.92 Å². The van der Waals surface area contributed by atoms with Crippen molar-refractivity contribution in [3.8, 4) is 0 Å². The lowest BCUT2D eigenvalue weighted by atomic mass is 10.0. The summed E-state index contributed by atoms with van der Waals surface area (Å²) in [6, 6.07) is 2.18. The first-order valence-electron chi connectivity index (χ1n) is 5.90. The minimum absolute atomic E-state index is 0.0755. The van der Waals surface area contributed by atoms with Crippen LogP contribution in [0, 0.1) is 5.92 Å². The summed E-state index contributed by atoms with van der Waals surface area (Å²) in [7, 11) is 0. The lowest BCUT2D eigenvalue weighted by Gasteiger charge is -2.09. The Morgan fingerprint density at radius 2 is 2.10 bits per heavy atom. The van der Waals surface area contributed by atoms with Crippen molar-refractivity contribution in [3.05, 3.63) is 29.7 Å². The summed E-state index contributed by atoms with van der Waals surface area (Å²) in [5.74, 6) is -0.878. The number of carboxylic acids is 1. The number of hydrogen-bond acceptors (Lipinski definition) is 3. The third-order valence-corrected chi connectivity index (χ3v) is 2.85. The Kier molecular flexibility index (Phi) is 3.65. The van der Waals surface area contributed by atoms with E-state index in [2.05, 4.69) is 10.2 Å². The maximum Gasteiger partial charge on any atom is 0.417 e. The summed E-state index contributed by atoms with van der Waals surface area (Å²) in [4.78, 5) is 10.6. The SMILES string of the molecule is CC(CC(=O)O)Cc1nnc2ccc(C(F)(F)F)cn12. The highest BCUT2D eigenvalue weighted by Gasteiger charge is 2.31. The fraction of sp³-hybridized carbons (Fsp3) is 0.417. The molecule has 2 aromatic heterocycles. The summed E-state index contributed by atoms with van der Waals surface area (Å²) >= 11 is 0. The Hall–Kier alpha value is -2.12. The van der Waals surface area contributed by atoms with Crippen LogP contribution >= 0.6 is 0 Å². The minimum atomic E-state index is -4.44. The highest BCUT2D eigenvalue weighted by atomic mass is 19.4. The second-order valence-corrected chi connectivity index (χ2v) is 4.67. The molecule has 1 N–H and O–H groups in total. The van der Waals surface area contributed by atoms with E-state index >= 15 is 0 Å². The minimum Gasteiger partial charge on any atom is -0.481 e. The second-order valence-electron chi connectivity index (χ2n) is 4.67. The number of alkyl halides is 3. The topological polar surface area (TPSA) is 67.5 Å². The van der Waals surface area contributed by atoms with Gasteiger partial charge in [-0.05, 0) is 18.1 Å². The van der Waals surface area contributed by atoms with Crippen LogP contribution in [0.3, 0.4) is 0 Å². The van der Waals surface area contributed by atoms with E-state index < -0.39 is 17.7 Å². The molecule has 0 spiro atoms. The van der Waals surface area contributed by atoms with Crippen LogP contribution in [-0.4, -0.2) is 25.7 Å². The fourth-order valence-electron chi connectivity index (χ4n) is 1.93. The van der Waals surface area contributed by atoms with Crippen LogP contribution < -0.4 is 0 Å². The van der Waals surface area contributed by atoms with Gasteiger partial charge in [0.1, 0.15) is 5.82 Å². The first-order valence-corrected chi connectivity index (χ1v) is 5.90. The van der Waals surface area contributed by atoms with Crippen LogP contribution in [-0.2, 0) is 17.4 Å². The van der Waals surface area contributed by atoms with Gasteiger partial charge >= 0.3 is 12.1 Å². The van der Waals surface area contributed by atoms with Crippen molar-refractivity contribution in [2.45, 2.75) is 25.9 Å². The van der Waals surface area contributed by atoms with Gasteiger partial charge < -0.3 is 5.11 Å². The summed E-state index contributed by atoms with van der Waals surface area (Å²) in [5, 5.41) is 16.3. The molecule has 0 aliphatic rings. The van der Waals surface area contributed by atoms with E-state index in [0.717, 1.165) is 12.3 Å². The molecule has 0 amide bonds. The number of fused-ring (bicyclic) bond motifs is 1. The third kappa shape index (κ3) is 3.06. The lowest BCUT2D eigenvalue weighted by molar-refractivity contribution is -0.138. The lowest BCUT2D eigenvalue weighted by Crippen LogP contribution is -2.11. The Morgan fingerprint density at radius 3 is 2.70 bits per heavy atom. The van der Waals surface area contributed by atoms with Gasteiger partial charge in [-0.15, -0.1) is 10.2 Å². The quantitative estimate of drug-likeness (QED) is 0.937. The average Bonchev–Trinajstić information content (AvgIpc) is 2.69. The van der Waals surface area contributed by atoms with E-state index in [4.69, 9.17) is 5.11 Å². The maximum absolute atomic E-state index is 12.7. The van der Waals surface area contributed by atoms with Crippen LogP contribution in [0.25, 0.3) is 5.65 Å². The van der Waals surface area contributed by atoms with Gasteiger partial charge in [-0.2, -0.15) is 13.2 Å². The molecule has 108 valence electrons. The molecule has 0 saturated heterocycles. The van der Waals surface area contributed by atoms with Gasteiger partial charge in [0.15, 0.2) is 5.65 Å². The Morgan fingerprint density at radius 1 is 1.40 bits per heavy atom. The number of carbonyl (C=O) groups is 1. The Labute approximate surface area is 112 Å². The number of rotatable bonds is 4. The van der Waals surface area contributed by atoms with Crippen LogP contribution in [0.2, 0.25) is 0 Å². The molecule has 2 rings (SSSR count). The predicted molar refractivity (Wildman–Crippen MR) is 63.1 cm³/mol. The van der Waals surface area contributed by atoms with Crippen molar-refractivity contribution in [1.29, 1.82) is 0 Å². The summed E-state index contributed by atoms with van der Waals surface area (Å²) in [5.41, 5.74) is -0.493. The summed E-state index contributed by atoms with van der Waals surface area (Å²) in [6.07, 6.45) is -3.34. The molecule has 20 heavy (non-hydrogen) atoms. The van der Waals surface area contributed by atoms with Crippen molar-refractivity contribution < 1.29 is 23.1 Å². The molecule has 0 aliphatic heterocycles. The van der Waals surface area contributed by atoms with Crippen molar-refractivity contribution >= 4 is 11.6 Å². The molecule has 1 atom stereocenters. The number of pyridine rings is 1. The molecule has 0 fully saturated rings. The highest BCUT2D eigenvalue weighted by molar-refractivity contribution is 5.66. The van der Waals surface area contributed by atoms with Gasteiger partial charge in [-0.25, -0.2) is 0 Å². The first kappa shape index (κ1) is 14.3. The van der Waals surface area contributed by atoms with Crippen molar-refractivity contribution in [2.24, 2.45) is 5.92 Å². The van der Waals surface area contributed by atoms with Crippen LogP contribution in [0.15, 0.2) is 18.3 Å². The Balaban J connectivity index is 2.32. The van der Waals surface area contributed by atoms with Crippen molar-refractivity contribution in [1.82, 2.24) is 14.6 Å². The fourth-order valence-corrected chi connectivity index (χ4v) is 1.93. The van der Waals surface area contributed by atoms with E-state index in [1.165, 1.54) is 10.5 Å². The van der Waals surface area contributed by atoms with E-state index in [1.807, 2.05) is 0 Å². The van der Waals surface area contributed by atoms with Crippen molar-refractivity contribution in [3.63, 3.8) is 0 Å². The molecule has 2 aromatic rings. The molecule has 5 nitrogen and oxygen atoms in total. The van der Waals surface area contributed by atoms with E-state index in [0.29, 0.717) is 11.5 Å². The van der Waals surface area contributed by atoms with Crippen LogP contribution in [0.5, 0.6) is 0 Å². The maximum atomic E-state index is 12.7. The summed E-state index contributed by atoms with van der Waals surface area (Å²) < 4.78 is 39.2. The van der Waals surface area contributed by atoms with Gasteiger partial charge in [0.2, 0.25) is 0 Å². The zero-order valence-electron chi connectivity index (χ0n) is 10.6. The zero-order chi connectivity index (χ0) is 14.9. The molecule has 0 saturated carbocycles. The number of hydrogen-bond donors (Lipinski definition) is 1. The predicted octanol–water partition coefficient (Wildman–Crippen LogP) is 2.40. The number of aliphatic carboxylic acids is 1. The summed E-state index contributed by atoms with van der Waals surface area (Å²) in [6.45, 7) is 1.70. The number of nitrogens with zero attached hydrogens (tertiary/aromatic N) is 3. The molecule has 1 unspecified atom stereocenters. The molecule has 8 heteroatoms. The van der Waals surface area contributed by atoms with Gasteiger partial charge in [0.05, 0.1) is 5.56 Å². The highest BCUT2D eigenvalue weighted by Crippen LogP contribution is 2.29. The normalized spacial score (nSPS) is 13.6. The number of halogens is 3. The van der Waals surface area contributed by atoms with Crippen LogP contribution in [0.1, 0.15) is 24.7 Å². The first-order chi connectivity index (χ1) is 9.27. The molecule has 0 radical (unpaired) electrons. The van der Waals surface area contributed by atoms with Crippen LogP contribution in [0.4, 0.5) is 13.2 Å². The molecule has 2 heterocycles. The third-order valence-electron chi connectivity index (χ3n) is 2.85. The van der Waals surface area contributed by atoms with Gasteiger partial charge in [0.25, 0.3) is 0 Å². The van der Waals surface area contributed by atoms with E-state index in [-0.39, 0.29) is 18.8 Å². The van der Waals surface area contributed by atoms with Gasteiger partial charge in [-0.1, -0.05) is 6.92 Å². The monoisotopic (exact) mass is 287 g/mol. The Bertz CT molecular complexity index is 636. The second kappa shape index (κ2) is 5.10. The molecular weight excluding hydrogens is 275 g/mol. The van der Waals surface area contributed by atoms with E-state index in [9.17, 15) is 18.0 Å². The van der Waals surface area contributed by atoms with Gasteiger partial charge in [0, 0.05) is 19.0 Å².